The molecule has 0 aliphatic heterocycles. The molecule has 0 bridgehead atoms. The van der Waals surface area contributed by atoms with E-state index in [0.717, 1.165) is 35.6 Å². The van der Waals surface area contributed by atoms with Crippen molar-refractivity contribution in [3.05, 3.63) is 45.0 Å². The summed E-state index contributed by atoms with van der Waals surface area (Å²) in [4.78, 5) is 30.6. The van der Waals surface area contributed by atoms with Crippen molar-refractivity contribution < 1.29 is 9.32 Å². The number of aromatic amines is 1. The first kappa shape index (κ1) is 16.4. The summed E-state index contributed by atoms with van der Waals surface area (Å²) >= 11 is 0. The highest BCUT2D eigenvalue weighted by Crippen LogP contribution is 2.35. The summed E-state index contributed by atoms with van der Waals surface area (Å²) in [5.41, 5.74) is 2.56. The minimum atomic E-state index is -0.121. The summed E-state index contributed by atoms with van der Waals surface area (Å²) in [5.74, 6) is 1.69. The van der Waals surface area contributed by atoms with Crippen LogP contribution < -0.4 is 10.9 Å². The van der Waals surface area contributed by atoms with Gasteiger partial charge in [-0.3, -0.25) is 9.59 Å². The summed E-state index contributed by atoms with van der Waals surface area (Å²) in [6, 6.07) is 1.71. The van der Waals surface area contributed by atoms with Crippen LogP contribution >= 0.6 is 0 Å². The molecule has 0 aromatic carbocycles. The molecule has 1 aliphatic carbocycles. The third-order valence-electron chi connectivity index (χ3n) is 4.58. The van der Waals surface area contributed by atoms with Crippen molar-refractivity contribution in [3.8, 4) is 0 Å². The predicted octanol–water partition coefficient (Wildman–Crippen LogP) is 1.68. The maximum Gasteiger partial charge on any atom is 0.251 e. The maximum absolute atomic E-state index is 12.1. The van der Waals surface area contributed by atoms with Crippen molar-refractivity contribution in [2.75, 3.05) is 0 Å². The van der Waals surface area contributed by atoms with E-state index in [0.29, 0.717) is 18.7 Å². The molecule has 0 atom stereocenters. The van der Waals surface area contributed by atoms with Gasteiger partial charge >= 0.3 is 0 Å². The molecule has 2 aromatic heterocycles. The molecular weight excluding hydrogens is 308 g/mol. The predicted molar refractivity (Wildman–Crippen MR) is 87.8 cm³/mol. The monoisotopic (exact) mass is 330 g/mol. The van der Waals surface area contributed by atoms with Crippen molar-refractivity contribution in [1.82, 2.24) is 20.4 Å². The zero-order valence-electron chi connectivity index (χ0n) is 14.2. The van der Waals surface area contributed by atoms with E-state index in [-0.39, 0.29) is 23.4 Å². The van der Waals surface area contributed by atoms with E-state index in [1.54, 1.807) is 13.0 Å². The molecule has 1 saturated carbocycles. The van der Waals surface area contributed by atoms with E-state index in [1.165, 1.54) is 0 Å². The number of hydrogen-bond acceptors (Lipinski definition) is 5. The Balaban J connectivity index is 1.47. The number of amides is 1. The molecule has 2 aromatic rings. The second kappa shape index (κ2) is 6.59. The molecule has 128 valence electrons. The van der Waals surface area contributed by atoms with Gasteiger partial charge in [0.25, 0.3) is 5.56 Å². The number of H-pyrrole nitrogens is 1. The highest BCUT2D eigenvalue weighted by atomic mass is 16.5. The smallest absolute Gasteiger partial charge is 0.251 e. The molecule has 0 saturated heterocycles. The zero-order valence-corrected chi connectivity index (χ0v) is 14.2. The minimum Gasteiger partial charge on any atom is -0.361 e. The topological polar surface area (TPSA) is 101 Å². The Morgan fingerprint density at radius 2 is 2.12 bits per heavy atom. The lowest BCUT2D eigenvalue weighted by Crippen LogP contribution is -2.43. The Labute approximate surface area is 139 Å². The van der Waals surface area contributed by atoms with E-state index in [1.807, 2.05) is 13.8 Å². The van der Waals surface area contributed by atoms with Crippen LogP contribution in [0.3, 0.4) is 0 Å². The van der Waals surface area contributed by atoms with Gasteiger partial charge in [-0.25, -0.2) is 4.98 Å². The first-order valence-corrected chi connectivity index (χ1v) is 8.21. The van der Waals surface area contributed by atoms with Crippen LogP contribution in [0, 0.1) is 20.8 Å². The van der Waals surface area contributed by atoms with Crippen molar-refractivity contribution >= 4 is 5.91 Å². The zero-order chi connectivity index (χ0) is 17.3. The van der Waals surface area contributed by atoms with Crippen LogP contribution in [0.4, 0.5) is 0 Å². The van der Waals surface area contributed by atoms with Crippen LogP contribution in [0.1, 0.15) is 53.7 Å². The summed E-state index contributed by atoms with van der Waals surface area (Å²) in [6.07, 6.45) is 2.71. The van der Waals surface area contributed by atoms with E-state index in [2.05, 4.69) is 20.4 Å². The minimum absolute atomic E-state index is 0.0356. The van der Waals surface area contributed by atoms with Crippen molar-refractivity contribution in [2.45, 2.75) is 58.4 Å². The summed E-state index contributed by atoms with van der Waals surface area (Å²) < 4.78 is 5.11. The second-order valence-electron chi connectivity index (χ2n) is 6.49. The standard InChI is InChI=1S/C17H22N4O3/c1-9-14(10(2)24-21-9)4-5-16(22)20-13-6-12(7-13)15-8-17(23)19-11(3)18-15/h8,12-13H,4-7H2,1-3H3,(H,20,22)(H,18,19,23). The van der Waals surface area contributed by atoms with Crippen LogP contribution in [0.15, 0.2) is 15.4 Å². The highest BCUT2D eigenvalue weighted by Gasteiger charge is 2.32. The fourth-order valence-electron chi connectivity index (χ4n) is 3.19. The second-order valence-corrected chi connectivity index (χ2v) is 6.49. The van der Waals surface area contributed by atoms with Gasteiger partial charge in [0.2, 0.25) is 5.91 Å². The van der Waals surface area contributed by atoms with Crippen LogP contribution in [0.5, 0.6) is 0 Å². The number of aromatic nitrogens is 3. The van der Waals surface area contributed by atoms with E-state index in [9.17, 15) is 9.59 Å². The molecule has 1 aliphatic rings. The van der Waals surface area contributed by atoms with E-state index >= 15 is 0 Å². The quantitative estimate of drug-likeness (QED) is 0.868. The van der Waals surface area contributed by atoms with Crippen LogP contribution in [-0.2, 0) is 11.2 Å². The van der Waals surface area contributed by atoms with Gasteiger partial charge in [0.05, 0.1) is 11.4 Å². The van der Waals surface area contributed by atoms with Crippen molar-refractivity contribution in [1.29, 1.82) is 0 Å². The number of nitrogens with one attached hydrogen (secondary N) is 2. The number of rotatable bonds is 5. The molecule has 0 radical (unpaired) electrons. The molecule has 0 spiro atoms. The van der Waals surface area contributed by atoms with Gasteiger partial charge in [-0.15, -0.1) is 0 Å². The number of hydrogen-bond donors (Lipinski definition) is 2. The first-order chi connectivity index (χ1) is 11.4. The Kier molecular flexibility index (Phi) is 4.51. The molecule has 1 amide bonds. The lowest BCUT2D eigenvalue weighted by molar-refractivity contribution is -0.122. The maximum atomic E-state index is 12.1. The third kappa shape index (κ3) is 3.55. The van der Waals surface area contributed by atoms with Crippen LogP contribution in [-0.4, -0.2) is 27.1 Å². The number of carbonyl (C=O) groups excluding carboxylic acids is 1. The van der Waals surface area contributed by atoms with Gasteiger partial charge in [0.15, 0.2) is 0 Å². The Morgan fingerprint density at radius 3 is 2.75 bits per heavy atom. The number of aryl methyl sites for hydroxylation is 3. The van der Waals surface area contributed by atoms with Gasteiger partial charge in [-0.2, -0.15) is 0 Å². The van der Waals surface area contributed by atoms with Crippen LogP contribution in [0.2, 0.25) is 0 Å². The van der Waals surface area contributed by atoms with E-state index < -0.39 is 0 Å². The van der Waals surface area contributed by atoms with Crippen LogP contribution in [0.25, 0.3) is 0 Å². The van der Waals surface area contributed by atoms with Gasteiger partial charge < -0.3 is 14.8 Å². The molecule has 3 rings (SSSR count). The van der Waals surface area contributed by atoms with Gasteiger partial charge in [-0.05, 0) is 40.0 Å². The lowest BCUT2D eigenvalue weighted by atomic mass is 9.78. The third-order valence-corrected chi connectivity index (χ3v) is 4.58. The summed E-state index contributed by atoms with van der Waals surface area (Å²) in [5, 5.41) is 6.94. The molecule has 1 fully saturated rings. The Morgan fingerprint density at radius 1 is 1.38 bits per heavy atom. The summed E-state index contributed by atoms with van der Waals surface area (Å²) in [6.45, 7) is 5.52. The molecule has 7 heteroatoms. The largest absolute Gasteiger partial charge is 0.361 e. The van der Waals surface area contributed by atoms with Crippen molar-refractivity contribution in [2.24, 2.45) is 0 Å². The molecule has 24 heavy (non-hydrogen) atoms. The SMILES string of the molecule is Cc1nc(C2CC(NC(=O)CCc3c(C)noc3C)C2)cc(=O)[nH]1. The Bertz CT molecular complexity index is 783. The van der Waals surface area contributed by atoms with Crippen molar-refractivity contribution in [3.63, 3.8) is 0 Å². The Hall–Kier alpha value is -2.44. The lowest BCUT2D eigenvalue weighted by Gasteiger charge is -2.35. The highest BCUT2D eigenvalue weighted by molar-refractivity contribution is 5.76. The number of carbonyl (C=O) groups is 1. The average Bonchev–Trinajstić information content (AvgIpc) is 2.78. The van der Waals surface area contributed by atoms with Gasteiger partial charge in [-0.1, -0.05) is 5.16 Å². The van der Waals surface area contributed by atoms with Gasteiger partial charge in [0, 0.05) is 30.0 Å². The first-order valence-electron chi connectivity index (χ1n) is 8.21. The molecule has 7 nitrogen and oxygen atoms in total. The molecule has 0 unspecified atom stereocenters. The fourth-order valence-corrected chi connectivity index (χ4v) is 3.19. The summed E-state index contributed by atoms with van der Waals surface area (Å²) in [7, 11) is 0. The molecular formula is C17H22N4O3. The average molecular weight is 330 g/mol. The molecule has 2 heterocycles. The van der Waals surface area contributed by atoms with Gasteiger partial charge in [0.1, 0.15) is 11.6 Å². The number of nitrogens with zero attached hydrogens (tertiary/aromatic N) is 2. The normalized spacial score (nSPS) is 19.8. The fraction of sp³-hybridized carbons (Fsp3) is 0.529. The molecule has 2 N–H and O–H groups in total. The van der Waals surface area contributed by atoms with E-state index in [4.69, 9.17) is 4.52 Å².